The highest BCUT2D eigenvalue weighted by atomic mass is 35.5. The van der Waals surface area contributed by atoms with Gasteiger partial charge >= 0.3 is 0 Å². The van der Waals surface area contributed by atoms with Crippen LogP contribution in [0.3, 0.4) is 0 Å². The number of hydrogen-bond donors (Lipinski definition) is 1. The molecular weight excluding hydrogens is 222 g/mol. The predicted molar refractivity (Wildman–Crippen MR) is 66.9 cm³/mol. The molecule has 2 N–H and O–H groups in total. The van der Waals surface area contributed by atoms with E-state index in [2.05, 4.69) is 0 Å². The summed E-state index contributed by atoms with van der Waals surface area (Å²) in [6.45, 7) is 2.75. The van der Waals surface area contributed by atoms with E-state index in [4.69, 9.17) is 22.1 Å². The maximum atomic E-state index is 5.95. The number of benzene rings is 1. The number of hydrogen-bond acceptors (Lipinski definition) is 2. The van der Waals surface area contributed by atoms with E-state index < -0.39 is 0 Å². The second-order valence-corrected chi connectivity index (χ2v) is 5.02. The Kier molecular flexibility index (Phi) is 3.72. The van der Waals surface area contributed by atoms with Crippen molar-refractivity contribution in [3.05, 3.63) is 28.8 Å². The number of rotatable bonds is 4. The quantitative estimate of drug-likeness (QED) is 0.872. The summed E-state index contributed by atoms with van der Waals surface area (Å²) in [5, 5.41) is 0.711. The van der Waals surface area contributed by atoms with Gasteiger partial charge in [0.25, 0.3) is 0 Å². The summed E-state index contributed by atoms with van der Waals surface area (Å²) in [7, 11) is 0. The molecule has 1 fully saturated rings. The van der Waals surface area contributed by atoms with Gasteiger partial charge in [-0.15, -0.1) is 0 Å². The Morgan fingerprint density at radius 2 is 2.25 bits per heavy atom. The minimum absolute atomic E-state index is 0.0462. The Labute approximate surface area is 102 Å². The normalized spacial score (nSPS) is 17.9. The summed E-state index contributed by atoms with van der Waals surface area (Å²) in [4.78, 5) is 0. The fraction of sp³-hybridized carbons (Fsp3) is 0.538. The van der Waals surface area contributed by atoms with Crippen molar-refractivity contribution in [1.82, 2.24) is 0 Å². The molecule has 2 nitrogen and oxygen atoms in total. The van der Waals surface area contributed by atoms with Gasteiger partial charge < -0.3 is 10.5 Å². The molecule has 0 aromatic heterocycles. The van der Waals surface area contributed by atoms with Crippen molar-refractivity contribution in [3.63, 3.8) is 0 Å². The van der Waals surface area contributed by atoms with Gasteiger partial charge in [-0.05, 0) is 43.9 Å². The van der Waals surface area contributed by atoms with E-state index >= 15 is 0 Å². The standard InChI is InChI=1S/C13H18ClNO/c1-9(15)12-7-11(14)5-6-13(12)16-8-10-3-2-4-10/h5-7,9-10H,2-4,8,15H2,1H3/t9-/m0/s1. The molecule has 0 radical (unpaired) electrons. The van der Waals surface area contributed by atoms with Crippen LogP contribution >= 0.6 is 11.6 Å². The first-order valence-corrected chi connectivity index (χ1v) is 6.22. The molecule has 0 spiro atoms. The van der Waals surface area contributed by atoms with Crippen molar-refractivity contribution in [2.45, 2.75) is 32.2 Å². The molecule has 1 aromatic rings. The SMILES string of the molecule is C[C@H](N)c1cc(Cl)ccc1OCC1CCC1. The summed E-state index contributed by atoms with van der Waals surface area (Å²) < 4.78 is 5.82. The van der Waals surface area contributed by atoms with E-state index in [9.17, 15) is 0 Å². The third-order valence-electron chi connectivity index (χ3n) is 3.16. The molecule has 1 saturated carbocycles. The van der Waals surface area contributed by atoms with Gasteiger partial charge in [-0.3, -0.25) is 0 Å². The van der Waals surface area contributed by atoms with Crippen molar-refractivity contribution in [2.24, 2.45) is 11.7 Å². The van der Waals surface area contributed by atoms with Crippen LogP contribution in [0.25, 0.3) is 0 Å². The van der Waals surface area contributed by atoms with Crippen molar-refractivity contribution in [3.8, 4) is 5.75 Å². The van der Waals surface area contributed by atoms with Gasteiger partial charge in [-0.2, -0.15) is 0 Å². The molecule has 0 unspecified atom stereocenters. The largest absolute Gasteiger partial charge is 0.493 e. The molecule has 16 heavy (non-hydrogen) atoms. The zero-order valence-electron chi connectivity index (χ0n) is 9.58. The Balaban J connectivity index is 2.05. The van der Waals surface area contributed by atoms with Crippen molar-refractivity contribution in [1.29, 1.82) is 0 Å². The first kappa shape index (κ1) is 11.7. The van der Waals surface area contributed by atoms with Crippen LogP contribution in [-0.2, 0) is 0 Å². The molecule has 2 rings (SSSR count). The van der Waals surface area contributed by atoms with Crippen molar-refractivity contribution >= 4 is 11.6 Å². The monoisotopic (exact) mass is 239 g/mol. The number of halogens is 1. The number of nitrogens with two attached hydrogens (primary N) is 1. The summed E-state index contributed by atoms with van der Waals surface area (Å²) >= 11 is 5.95. The fourth-order valence-corrected chi connectivity index (χ4v) is 2.05. The highest BCUT2D eigenvalue weighted by Gasteiger charge is 2.19. The maximum absolute atomic E-state index is 5.95. The molecule has 0 aliphatic heterocycles. The van der Waals surface area contributed by atoms with E-state index in [1.54, 1.807) is 0 Å². The number of ether oxygens (including phenoxy) is 1. The van der Waals surface area contributed by atoms with Crippen LogP contribution in [0.4, 0.5) is 0 Å². The lowest BCUT2D eigenvalue weighted by atomic mass is 9.86. The zero-order chi connectivity index (χ0) is 11.5. The predicted octanol–water partition coefficient (Wildman–Crippen LogP) is 3.54. The Hall–Kier alpha value is -0.730. The molecule has 3 heteroatoms. The van der Waals surface area contributed by atoms with E-state index in [1.807, 2.05) is 25.1 Å². The minimum Gasteiger partial charge on any atom is -0.493 e. The van der Waals surface area contributed by atoms with Crippen LogP contribution in [0.5, 0.6) is 5.75 Å². The van der Waals surface area contributed by atoms with Crippen LogP contribution in [0.15, 0.2) is 18.2 Å². The van der Waals surface area contributed by atoms with E-state index in [0.29, 0.717) is 5.02 Å². The molecule has 1 aromatic carbocycles. The van der Waals surface area contributed by atoms with Gasteiger partial charge in [0.1, 0.15) is 5.75 Å². The molecule has 88 valence electrons. The highest BCUT2D eigenvalue weighted by Crippen LogP contribution is 2.30. The second kappa shape index (κ2) is 5.07. The van der Waals surface area contributed by atoms with Crippen LogP contribution in [0.2, 0.25) is 5.02 Å². The van der Waals surface area contributed by atoms with Gasteiger partial charge in [0.15, 0.2) is 0 Å². The van der Waals surface area contributed by atoms with Crippen LogP contribution in [0.1, 0.15) is 37.8 Å². The lowest BCUT2D eigenvalue weighted by Gasteiger charge is -2.26. The Morgan fingerprint density at radius 3 is 2.81 bits per heavy atom. The van der Waals surface area contributed by atoms with Crippen LogP contribution in [0, 0.1) is 5.92 Å². The van der Waals surface area contributed by atoms with Crippen LogP contribution < -0.4 is 10.5 Å². The third-order valence-corrected chi connectivity index (χ3v) is 3.40. The van der Waals surface area contributed by atoms with E-state index in [-0.39, 0.29) is 6.04 Å². The molecular formula is C13H18ClNO. The summed E-state index contributed by atoms with van der Waals surface area (Å²) in [5.74, 6) is 1.61. The minimum atomic E-state index is -0.0462. The van der Waals surface area contributed by atoms with Gasteiger partial charge in [0.2, 0.25) is 0 Å². The molecule has 0 heterocycles. The summed E-state index contributed by atoms with van der Waals surface area (Å²) in [6.07, 6.45) is 3.93. The lowest BCUT2D eigenvalue weighted by molar-refractivity contribution is 0.179. The maximum Gasteiger partial charge on any atom is 0.124 e. The average molecular weight is 240 g/mol. The van der Waals surface area contributed by atoms with Crippen molar-refractivity contribution < 1.29 is 4.74 Å². The molecule has 0 bridgehead atoms. The third kappa shape index (κ3) is 2.69. The fourth-order valence-electron chi connectivity index (χ4n) is 1.87. The van der Waals surface area contributed by atoms with Gasteiger partial charge in [-0.1, -0.05) is 18.0 Å². The van der Waals surface area contributed by atoms with Crippen LogP contribution in [-0.4, -0.2) is 6.61 Å². The summed E-state index contributed by atoms with van der Waals surface area (Å²) in [5.41, 5.74) is 6.89. The van der Waals surface area contributed by atoms with E-state index in [0.717, 1.165) is 23.8 Å². The molecule has 1 aliphatic carbocycles. The summed E-state index contributed by atoms with van der Waals surface area (Å²) in [6, 6.07) is 5.61. The van der Waals surface area contributed by atoms with Gasteiger partial charge in [0.05, 0.1) is 6.61 Å². The average Bonchev–Trinajstić information content (AvgIpc) is 2.17. The second-order valence-electron chi connectivity index (χ2n) is 4.58. The highest BCUT2D eigenvalue weighted by molar-refractivity contribution is 6.30. The zero-order valence-corrected chi connectivity index (χ0v) is 10.3. The first-order valence-electron chi connectivity index (χ1n) is 5.84. The molecule has 0 saturated heterocycles. The first-order chi connectivity index (χ1) is 7.66. The molecule has 1 aliphatic rings. The topological polar surface area (TPSA) is 35.2 Å². The Morgan fingerprint density at radius 1 is 1.50 bits per heavy atom. The van der Waals surface area contributed by atoms with Crippen molar-refractivity contribution in [2.75, 3.05) is 6.61 Å². The smallest absolute Gasteiger partial charge is 0.124 e. The van der Waals surface area contributed by atoms with E-state index in [1.165, 1.54) is 19.3 Å². The van der Waals surface area contributed by atoms with Gasteiger partial charge in [-0.25, -0.2) is 0 Å². The molecule has 1 atom stereocenters. The van der Waals surface area contributed by atoms with Gasteiger partial charge in [0, 0.05) is 16.6 Å². The lowest BCUT2D eigenvalue weighted by Crippen LogP contribution is -2.20. The Bertz CT molecular complexity index is 361. The molecule has 0 amide bonds.